The minimum atomic E-state index is -0.0191. The number of anilines is 1. The summed E-state index contributed by atoms with van der Waals surface area (Å²) in [7, 11) is 1.76. The van der Waals surface area contributed by atoms with Gasteiger partial charge in [0.1, 0.15) is 5.82 Å². The normalized spacial score (nSPS) is 9.12. The summed E-state index contributed by atoms with van der Waals surface area (Å²) in [6, 6.07) is 0. The highest BCUT2D eigenvalue weighted by Crippen LogP contribution is 1.98. The van der Waals surface area contributed by atoms with Crippen LogP contribution >= 0.6 is 11.3 Å². The van der Waals surface area contributed by atoms with Gasteiger partial charge in [0, 0.05) is 12.4 Å². The molecule has 0 fully saturated rings. The lowest BCUT2D eigenvalue weighted by molar-refractivity contribution is 1.30. The van der Waals surface area contributed by atoms with Crippen LogP contribution in [0, 0.1) is 0 Å². The summed E-state index contributed by atoms with van der Waals surface area (Å²) in [5.74, 6) is 0.778. The highest BCUT2D eigenvalue weighted by Gasteiger charge is 1.87. The third kappa shape index (κ3) is 0.894. The molecule has 1 rings (SSSR count). The number of aromatic nitrogens is 1. The first-order chi connectivity index (χ1) is 3.83. The van der Waals surface area contributed by atoms with Gasteiger partial charge in [-0.25, -0.2) is 0 Å². The van der Waals surface area contributed by atoms with Gasteiger partial charge in [-0.3, -0.25) is 9.78 Å². The standard InChI is InChI=1S/C4H6N2OS/c1-5-3-2-8-4(7)6-3/h2,5H,1H3,(H,6,7). The molecule has 0 radical (unpaired) electrons. The Hall–Kier alpha value is -0.770. The van der Waals surface area contributed by atoms with Crippen molar-refractivity contribution >= 4 is 17.2 Å². The van der Waals surface area contributed by atoms with Crippen molar-refractivity contribution in [2.24, 2.45) is 0 Å². The summed E-state index contributed by atoms with van der Waals surface area (Å²) in [4.78, 5) is 12.9. The van der Waals surface area contributed by atoms with Crippen LogP contribution in [-0.2, 0) is 0 Å². The summed E-state index contributed by atoms with van der Waals surface area (Å²) in [6.45, 7) is 0. The van der Waals surface area contributed by atoms with Gasteiger partial charge in [0.05, 0.1) is 0 Å². The van der Waals surface area contributed by atoms with E-state index in [9.17, 15) is 4.79 Å². The highest BCUT2D eigenvalue weighted by molar-refractivity contribution is 7.07. The highest BCUT2D eigenvalue weighted by atomic mass is 32.1. The summed E-state index contributed by atoms with van der Waals surface area (Å²) in [6.07, 6.45) is 0. The Kier molecular flexibility index (Phi) is 1.34. The molecule has 0 bridgehead atoms. The zero-order valence-corrected chi connectivity index (χ0v) is 5.21. The van der Waals surface area contributed by atoms with E-state index in [1.807, 2.05) is 0 Å². The van der Waals surface area contributed by atoms with Crippen LogP contribution in [0.5, 0.6) is 0 Å². The fourth-order valence-corrected chi connectivity index (χ4v) is 0.973. The number of hydrogen-bond acceptors (Lipinski definition) is 3. The first-order valence-corrected chi connectivity index (χ1v) is 3.06. The predicted molar refractivity (Wildman–Crippen MR) is 34.5 cm³/mol. The molecule has 4 heteroatoms. The Labute approximate surface area is 50.4 Å². The van der Waals surface area contributed by atoms with E-state index in [-0.39, 0.29) is 4.87 Å². The number of thiazole rings is 1. The minimum absolute atomic E-state index is 0.0191. The molecule has 0 aliphatic rings. The lowest BCUT2D eigenvalue weighted by atomic mass is 10.8. The van der Waals surface area contributed by atoms with E-state index in [0.29, 0.717) is 0 Å². The van der Waals surface area contributed by atoms with Crippen molar-refractivity contribution < 1.29 is 0 Å². The fraction of sp³-hybridized carbons (Fsp3) is 0.250. The van der Waals surface area contributed by atoms with Gasteiger partial charge in [-0.05, 0) is 0 Å². The molecule has 8 heavy (non-hydrogen) atoms. The average molecular weight is 130 g/mol. The quantitative estimate of drug-likeness (QED) is 0.580. The Morgan fingerprint density at radius 1 is 1.88 bits per heavy atom. The number of rotatable bonds is 1. The lowest BCUT2D eigenvalue weighted by Gasteiger charge is -1.86. The van der Waals surface area contributed by atoms with Crippen molar-refractivity contribution in [2.45, 2.75) is 0 Å². The number of H-pyrrole nitrogens is 1. The molecule has 0 aromatic carbocycles. The van der Waals surface area contributed by atoms with E-state index in [1.165, 1.54) is 0 Å². The van der Waals surface area contributed by atoms with Crippen LogP contribution in [0.1, 0.15) is 0 Å². The van der Waals surface area contributed by atoms with Crippen molar-refractivity contribution in [3.63, 3.8) is 0 Å². The minimum Gasteiger partial charge on any atom is -0.374 e. The van der Waals surface area contributed by atoms with Gasteiger partial charge in [-0.15, -0.1) is 0 Å². The monoisotopic (exact) mass is 130 g/mol. The van der Waals surface area contributed by atoms with E-state index in [0.717, 1.165) is 17.2 Å². The van der Waals surface area contributed by atoms with E-state index < -0.39 is 0 Å². The van der Waals surface area contributed by atoms with E-state index in [1.54, 1.807) is 12.4 Å². The molecule has 2 N–H and O–H groups in total. The van der Waals surface area contributed by atoms with Crippen molar-refractivity contribution in [1.29, 1.82) is 0 Å². The zero-order valence-electron chi connectivity index (χ0n) is 4.39. The maximum Gasteiger partial charge on any atom is 0.306 e. The van der Waals surface area contributed by atoms with Crippen molar-refractivity contribution in [2.75, 3.05) is 12.4 Å². The third-order valence-electron chi connectivity index (χ3n) is 0.790. The zero-order chi connectivity index (χ0) is 5.98. The Morgan fingerprint density at radius 3 is 2.88 bits per heavy atom. The molecule has 0 spiro atoms. The van der Waals surface area contributed by atoms with Crippen LogP contribution in [0.2, 0.25) is 0 Å². The summed E-state index contributed by atoms with van der Waals surface area (Å²) < 4.78 is 0. The Bertz CT molecular complexity index is 214. The van der Waals surface area contributed by atoms with Gasteiger partial charge in [0.2, 0.25) is 0 Å². The molecule has 44 valence electrons. The second-order valence-corrected chi connectivity index (χ2v) is 2.15. The molecule has 0 unspecified atom stereocenters. The molecule has 1 aromatic heterocycles. The average Bonchev–Trinajstić information content (AvgIpc) is 2.14. The van der Waals surface area contributed by atoms with Crippen LogP contribution < -0.4 is 10.2 Å². The van der Waals surface area contributed by atoms with Gasteiger partial charge in [0.15, 0.2) is 0 Å². The lowest BCUT2D eigenvalue weighted by Crippen LogP contribution is -1.95. The molecule has 3 nitrogen and oxygen atoms in total. The van der Waals surface area contributed by atoms with Crippen LogP contribution in [-0.4, -0.2) is 12.0 Å². The third-order valence-corrected chi connectivity index (χ3v) is 1.46. The summed E-state index contributed by atoms with van der Waals surface area (Å²) in [5, 5.41) is 4.54. The van der Waals surface area contributed by atoms with E-state index in [2.05, 4.69) is 10.3 Å². The predicted octanol–water partition coefficient (Wildman–Crippen LogP) is 0.478. The topological polar surface area (TPSA) is 44.9 Å². The summed E-state index contributed by atoms with van der Waals surface area (Å²) in [5.41, 5.74) is 0. The molecule has 0 amide bonds. The molecule has 1 heterocycles. The van der Waals surface area contributed by atoms with Gasteiger partial charge < -0.3 is 5.32 Å². The Morgan fingerprint density at radius 2 is 2.62 bits per heavy atom. The molecular weight excluding hydrogens is 124 g/mol. The number of nitrogens with one attached hydrogen (secondary N) is 2. The Balaban J connectivity index is 3.01. The molecule has 0 aliphatic carbocycles. The number of aromatic amines is 1. The second-order valence-electron chi connectivity index (χ2n) is 1.31. The molecule has 0 saturated carbocycles. The molecule has 1 aromatic rings. The van der Waals surface area contributed by atoms with Gasteiger partial charge in [-0.2, -0.15) is 0 Å². The molecular formula is C4H6N2OS. The van der Waals surface area contributed by atoms with Crippen LogP contribution in [0.3, 0.4) is 0 Å². The summed E-state index contributed by atoms with van der Waals surface area (Å²) >= 11 is 1.16. The van der Waals surface area contributed by atoms with E-state index >= 15 is 0 Å². The van der Waals surface area contributed by atoms with E-state index in [4.69, 9.17) is 0 Å². The largest absolute Gasteiger partial charge is 0.374 e. The molecule has 0 atom stereocenters. The fourth-order valence-electron chi connectivity index (χ4n) is 0.403. The molecule has 0 saturated heterocycles. The molecule has 0 aliphatic heterocycles. The number of hydrogen-bond donors (Lipinski definition) is 2. The van der Waals surface area contributed by atoms with Gasteiger partial charge in [-0.1, -0.05) is 11.3 Å². The first-order valence-electron chi connectivity index (χ1n) is 2.18. The maximum absolute atomic E-state index is 10.4. The van der Waals surface area contributed by atoms with Crippen LogP contribution in [0.4, 0.5) is 5.82 Å². The van der Waals surface area contributed by atoms with Crippen molar-refractivity contribution in [3.05, 3.63) is 15.0 Å². The SMILES string of the molecule is CNc1csc(=O)[nH]1. The second kappa shape index (κ2) is 2.00. The van der Waals surface area contributed by atoms with Crippen molar-refractivity contribution in [1.82, 2.24) is 4.98 Å². The first kappa shape index (κ1) is 5.37. The van der Waals surface area contributed by atoms with Crippen LogP contribution in [0.25, 0.3) is 0 Å². The smallest absolute Gasteiger partial charge is 0.306 e. The van der Waals surface area contributed by atoms with Gasteiger partial charge in [0.25, 0.3) is 0 Å². The van der Waals surface area contributed by atoms with Crippen LogP contribution in [0.15, 0.2) is 10.2 Å². The van der Waals surface area contributed by atoms with Crippen molar-refractivity contribution in [3.8, 4) is 0 Å². The van der Waals surface area contributed by atoms with Gasteiger partial charge >= 0.3 is 4.87 Å². The maximum atomic E-state index is 10.4.